The van der Waals surface area contributed by atoms with Crippen molar-refractivity contribution in [1.82, 2.24) is 10.2 Å². The molecule has 2 aromatic carbocycles. The van der Waals surface area contributed by atoms with Crippen molar-refractivity contribution < 1.29 is 4.79 Å². The number of rotatable bonds is 2. The van der Waals surface area contributed by atoms with Gasteiger partial charge in [-0.3, -0.25) is 15.1 Å². The molecular formula is C23H26N4O. The van der Waals surface area contributed by atoms with Crippen LogP contribution in [-0.2, 0) is 15.7 Å². The molecule has 1 fully saturated rings. The maximum absolute atomic E-state index is 13.2. The molecule has 0 aliphatic carbocycles. The molecule has 2 aromatic rings. The molecular weight excluding hydrogens is 348 g/mol. The fourth-order valence-corrected chi connectivity index (χ4v) is 3.73. The molecule has 2 atom stereocenters. The molecule has 0 aromatic heterocycles. The van der Waals surface area contributed by atoms with E-state index < -0.39 is 11.5 Å². The van der Waals surface area contributed by atoms with Gasteiger partial charge >= 0.3 is 0 Å². The Labute approximate surface area is 166 Å². The molecule has 0 unspecified atom stereocenters. The number of guanidine groups is 1. The van der Waals surface area contributed by atoms with Crippen LogP contribution in [0.1, 0.15) is 55.9 Å². The van der Waals surface area contributed by atoms with E-state index in [0.717, 1.165) is 11.1 Å². The van der Waals surface area contributed by atoms with E-state index in [4.69, 9.17) is 10.7 Å². The van der Waals surface area contributed by atoms with Crippen LogP contribution in [0.3, 0.4) is 0 Å². The predicted molar refractivity (Wildman–Crippen MR) is 110 cm³/mol. The summed E-state index contributed by atoms with van der Waals surface area (Å²) in [6.45, 7) is 8.41. The smallest absolute Gasteiger partial charge is 0.239 e. The Balaban J connectivity index is 2.11. The Kier molecular flexibility index (Phi) is 4.76. The van der Waals surface area contributed by atoms with Crippen LogP contribution in [0.5, 0.6) is 0 Å². The maximum Gasteiger partial charge on any atom is 0.239 e. The van der Waals surface area contributed by atoms with Gasteiger partial charge in [-0.05, 0) is 41.2 Å². The number of carbonyl (C=O) groups excluding carboxylic acids is 1. The van der Waals surface area contributed by atoms with E-state index in [-0.39, 0.29) is 17.3 Å². The fourth-order valence-electron chi connectivity index (χ4n) is 3.73. The van der Waals surface area contributed by atoms with Crippen molar-refractivity contribution in [2.45, 2.75) is 44.6 Å². The molecule has 3 rings (SSSR count). The molecule has 0 radical (unpaired) electrons. The highest BCUT2D eigenvalue weighted by Crippen LogP contribution is 2.41. The largest absolute Gasteiger partial charge is 0.346 e. The van der Waals surface area contributed by atoms with E-state index in [1.807, 2.05) is 31.2 Å². The van der Waals surface area contributed by atoms with Crippen molar-refractivity contribution in [1.29, 1.82) is 10.7 Å². The Morgan fingerprint density at radius 1 is 1.11 bits per heavy atom. The SMILES string of the molecule is CN1C(=N)N[C@](C)(c2ccc(C#N)cc2)[C@@H](c2ccc(C(C)(C)C)cc2)C1=O. The number of nitrogens with one attached hydrogen (secondary N) is 2. The number of hydrogen-bond acceptors (Lipinski definition) is 3. The van der Waals surface area contributed by atoms with Gasteiger partial charge in [-0.15, -0.1) is 0 Å². The Morgan fingerprint density at radius 2 is 1.68 bits per heavy atom. The Bertz CT molecular complexity index is 948. The van der Waals surface area contributed by atoms with E-state index in [2.05, 4.69) is 44.3 Å². The first-order valence-corrected chi connectivity index (χ1v) is 9.33. The lowest BCUT2D eigenvalue weighted by Gasteiger charge is -2.46. The van der Waals surface area contributed by atoms with Gasteiger partial charge in [-0.25, -0.2) is 0 Å². The normalized spacial score (nSPS) is 22.6. The number of amides is 1. The Morgan fingerprint density at radius 3 is 2.18 bits per heavy atom. The summed E-state index contributed by atoms with van der Waals surface area (Å²) in [7, 11) is 1.62. The minimum absolute atomic E-state index is 0.0305. The van der Waals surface area contributed by atoms with Crippen molar-refractivity contribution in [2.75, 3.05) is 7.05 Å². The van der Waals surface area contributed by atoms with Crippen LogP contribution in [0.2, 0.25) is 0 Å². The van der Waals surface area contributed by atoms with Crippen molar-refractivity contribution >= 4 is 11.9 Å². The van der Waals surface area contributed by atoms with Gasteiger partial charge < -0.3 is 5.32 Å². The molecule has 5 nitrogen and oxygen atoms in total. The van der Waals surface area contributed by atoms with Crippen LogP contribution < -0.4 is 5.32 Å². The van der Waals surface area contributed by atoms with E-state index >= 15 is 0 Å². The average molecular weight is 374 g/mol. The molecule has 1 aliphatic heterocycles. The van der Waals surface area contributed by atoms with Gasteiger partial charge in [0.15, 0.2) is 5.96 Å². The molecule has 0 bridgehead atoms. The van der Waals surface area contributed by atoms with Crippen molar-refractivity contribution in [3.8, 4) is 6.07 Å². The summed E-state index contributed by atoms with van der Waals surface area (Å²) in [6, 6.07) is 17.5. The van der Waals surface area contributed by atoms with Crippen LogP contribution in [0.25, 0.3) is 0 Å². The number of benzene rings is 2. The van der Waals surface area contributed by atoms with E-state index in [9.17, 15) is 4.79 Å². The first-order valence-electron chi connectivity index (χ1n) is 9.33. The summed E-state index contributed by atoms with van der Waals surface area (Å²) in [6.07, 6.45) is 0. The van der Waals surface area contributed by atoms with E-state index in [1.54, 1.807) is 19.2 Å². The van der Waals surface area contributed by atoms with E-state index in [0.29, 0.717) is 5.56 Å². The third-order valence-corrected chi connectivity index (χ3v) is 5.59. The second-order valence-corrected chi connectivity index (χ2v) is 8.57. The highest BCUT2D eigenvalue weighted by Gasteiger charge is 2.48. The van der Waals surface area contributed by atoms with Gasteiger partial charge in [0.25, 0.3) is 0 Å². The summed E-state index contributed by atoms with van der Waals surface area (Å²) in [5, 5.41) is 20.5. The number of hydrogen-bond donors (Lipinski definition) is 2. The van der Waals surface area contributed by atoms with Crippen LogP contribution in [0, 0.1) is 16.7 Å². The highest BCUT2D eigenvalue weighted by molar-refractivity contribution is 6.02. The minimum atomic E-state index is -0.794. The Hall–Kier alpha value is -3.13. The predicted octanol–water partition coefficient (Wildman–Crippen LogP) is 3.85. The van der Waals surface area contributed by atoms with Gasteiger partial charge in [0.1, 0.15) is 0 Å². The summed E-state index contributed by atoms with van der Waals surface area (Å²) < 4.78 is 0. The lowest BCUT2D eigenvalue weighted by atomic mass is 9.73. The molecule has 0 saturated carbocycles. The summed E-state index contributed by atoms with van der Waals surface area (Å²) >= 11 is 0. The summed E-state index contributed by atoms with van der Waals surface area (Å²) in [4.78, 5) is 14.6. The van der Waals surface area contributed by atoms with Crippen LogP contribution in [0.15, 0.2) is 48.5 Å². The minimum Gasteiger partial charge on any atom is -0.346 e. The van der Waals surface area contributed by atoms with Gasteiger partial charge in [0.05, 0.1) is 23.1 Å². The number of carbonyl (C=O) groups is 1. The lowest BCUT2D eigenvalue weighted by molar-refractivity contribution is -0.131. The number of nitrogens with zero attached hydrogens (tertiary/aromatic N) is 2. The topological polar surface area (TPSA) is 80.0 Å². The molecule has 2 N–H and O–H groups in total. The monoisotopic (exact) mass is 374 g/mol. The van der Waals surface area contributed by atoms with Crippen LogP contribution in [0.4, 0.5) is 0 Å². The first kappa shape index (κ1) is 19.6. The zero-order valence-electron chi connectivity index (χ0n) is 17.0. The molecule has 1 amide bonds. The van der Waals surface area contributed by atoms with Crippen molar-refractivity contribution in [3.63, 3.8) is 0 Å². The zero-order chi connectivity index (χ0) is 20.7. The summed E-state index contributed by atoms with van der Waals surface area (Å²) in [5.41, 5.74) is 2.77. The van der Waals surface area contributed by atoms with Gasteiger partial charge in [0.2, 0.25) is 5.91 Å². The fraction of sp³-hybridized carbons (Fsp3) is 0.348. The third-order valence-electron chi connectivity index (χ3n) is 5.59. The number of likely N-dealkylation sites (N-methyl/N-ethyl adjacent to an activating group) is 1. The summed E-state index contributed by atoms with van der Waals surface area (Å²) in [5.74, 6) is -0.549. The lowest BCUT2D eigenvalue weighted by Crippen LogP contribution is -2.62. The zero-order valence-corrected chi connectivity index (χ0v) is 17.0. The molecule has 1 aliphatic rings. The van der Waals surface area contributed by atoms with Crippen molar-refractivity contribution in [3.05, 3.63) is 70.8 Å². The second kappa shape index (κ2) is 6.79. The van der Waals surface area contributed by atoms with Crippen molar-refractivity contribution in [2.24, 2.45) is 0 Å². The average Bonchev–Trinajstić information content (AvgIpc) is 2.66. The molecule has 0 spiro atoms. The third kappa shape index (κ3) is 3.27. The molecule has 1 saturated heterocycles. The van der Waals surface area contributed by atoms with Crippen LogP contribution in [-0.4, -0.2) is 23.8 Å². The molecule has 28 heavy (non-hydrogen) atoms. The van der Waals surface area contributed by atoms with Crippen LogP contribution >= 0.6 is 0 Å². The maximum atomic E-state index is 13.2. The van der Waals surface area contributed by atoms with Gasteiger partial charge in [-0.2, -0.15) is 5.26 Å². The van der Waals surface area contributed by atoms with E-state index in [1.165, 1.54) is 10.5 Å². The van der Waals surface area contributed by atoms with Gasteiger partial charge in [0, 0.05) is 7.05 Å². The highest BCUT2D eigenvalue weighted by atomic mass is 16.2. The quantitative estimate of drug-likeness (QED) is 0.838. The van der Waals surface area contributed by atoms with Gasteiger partial charge in [-0.1, -0.05) is 57.2 Å². The molecule has 144 valence electrons. The standard InChI is InChI=1S/C23H26N4O/c1-22(2,3)17-12-8-16(9-13-17)19-20(28)27(5)21(25)26-23(19,4)18-10-6-15(14-24)7-11-18/h6-13,19H,1-5H3,(H2,25,26)/t19-,23+/m0/s1. The molecule has 1 heterocycles. The number of nitriles is 1. The first-order chi connectivity index (χ1) is 13.1. The second-order valence-electron chi connectivity index (χ2n) is 8.57. The molecule has 5 heteroatoms.